The number of rotatable bonds is 4. The highest BCUT2D eigenvalue weighted by Crippen LogP contribution is 2.17. The molecule has 0 N–H and O–H groups in total. The summed E-state index contributed by atoms with van der Waals surface area (Å²) in [6.07, 6.45) is 1.34. The molecule has 0 fully saturated rings. The minimum Gasteiger partial charge on any atom is -0.294 e. The van der Waals surface area contributed by atoms with E-state index in [1.807, 2.05) is 6.07 Å². The van der Waals surface area contributed by atoms with Crippen molar-refractivity contribution in [3.8, 4) is 0 Å². The van der Waals surface area contributed by atoms with Crippen LogP contribution in [0.25, 0.3) is 0 Å². The van der Waals surface area contributed by atoms with E-state index in [2.05, 4.69) is 4.98 Å². The lowest BCUT2D eigenvalue weighted by Crippen LogP contribution is -2.06. The van der Waals surface area contributed by atoms with Crippen LogP contribution in [0.1, 0.15) is 21.6 Å². The Morgan fingerprint density at radius 2 is 2.00 bits per heavy atom. The van der Waals surface area contributed by atoms with Gasteiger partial charge in [-0.1, -0.05) is 30.3 Å². The number of pyridine rings is 1. The molecule has 0 atom stereocenters. The first-order chi connectivity index (χ1) is 9.08. The van der Waals surface area contributed by atoms with Crippen LogP contribution < -0.4 is 0 Å². The molecule has 96 valence electrons. The molecule has 0 radical (unpaired) electrons. The first kappa shape index (κ1) is 12.9. The number of hydrogen-bond acceptors (Lipinski definition) is 4. The molecule has 0 aliphatic heterocycles. The largest absolute Gasteiger partial charge is 0.294 e. The number of ketones is 1. The number of carbonyl (C=O) groups excluding carboxylic acids is 1. The molecule has 0 amide bonds. The van der Waals surface area contributed by atoms with Gasteiger partial charge in [-0.15, -0.1) is 0 Å². The molecular weight excluding hydrogens is 244 g/mol. The molecule has 1 aromatic heterocycles. The molecule has 1 heterocycles. The van der Waals surface area contributed by atoms with E-state index < -0.39 is 4.92 Å². The minimum absolute atomic E-state index is 0.0316. The molecule has 0 saturated carbocycles. The molecule has 2 rings (SSSR count). The van der Waals surface area contributed by atoms with Crippen molar-refractivity contribution in [3.63, 3.8) is 0 Å². The maximum Gasteiger partial charge on any atom is 0.290 e. The van der Waals surface area contributed by atoms with E-state index in [0.717, 1.165) is 0 Å². The van der Waals surface area contributed by atoms with Crippen LogP contribution >= 0.6 is 0 Å². The van der Waals surface area contributed by atoms with Gasteiger partial charge in [0.05, 0.1) is 11.3 Å². The quantitative estimate of drug-likeness (QED) is 0.479. The molecule has 1 aromatic carbocycles. The zero-order chi connectivity index (χ0) is 13.8. The predicted molar refractivity (Wildman–Crippen MR) is 70.1 cm³/mol. The number of aromatic nitrogens is 1. The van der Waals surface area contributed by atoms with Crippen LogP contribution in [0.3, 0.4) is 0 Å². The summed E-state index contributed by atoms with van der Waals surface area (Å²) in [5.74, 6) is -0.0543. The third kappa shape index (κ3) is 3.01. The second kappa shape index (κ2) is 5.39. The Morgan fingerprint density at radius 1 is 1.32 bits per heavy atom. The average Bonchev–Trinajstić information content (AvgIpc) is 2.39. The van der Waals surface area contributed by atoms with Gasteiger partial charge in [0.1, 0.15) is 6.20 Å². The number of nitro groups is 1. The van der Waals surface area contributed by atoms with E-state index >= 15 is 0 Å². The van der Waals surface area contributed by atoms with Gasteiger partial charge in [0.25, 0.3) is 5.69 Å². The van der Waals surface area contributed by atoms with Gasteiger partial charge in [-0.3, -0.25) is 19.9 Å². The molecule has 2 aromatic rings. The Hall–Kier alpha value is -2.56. The summed E-state index contributed by atoms with van der Waals surface area (Å²) in [7, 11) is 0. The van der Waals surface area contributed by atoms with Gasteiger partial charge in [-0.05, 0) is 13.0 Å². The van der Waals surface area contributed by atoms with Gasteiger partial charge in [0, 0.05) is 16.8 Å². The molecule has 19 heavy (non-hydrogen) atoms. The zero-order valence-corrected chi connectivity index (χ0v) is 10.4. The second-order valence-corrected chi connectivity index (χ2v) is 4.19. The highest BCUT2D eigenvalue weighted by molar-refractivity contribution is 5.97. The SMILES string of the molecule is Cc1cc(CC(=O)c2ccccc2)ncc1[N+](=O)[O-]. The Morgan fingerprint density at radius 3 is 2.58 bits per heavy atom. The summed E-state index contributed by atoms with van der Waals surface area (Å²) in [5, 5.41) is 10.7. The first-order valence-electron chi connectivity index (χ1n) is 5.76. The standard InChI is InChI=1S/C14H12N2O3/c1-10-7-12(15-9-13(10)16(18)19)8-14(17)11-5-3-2-4-6-11/h2-7,9H,8H2,1H3. The second-order valence-electron chi connectivity index (χ2n) is 4.19. The Kier molecular flexibility index (Phi) is 3.66. The lowest BCUT2D eigenvalue weighted by molar-refractivity contribution is -0.385. The summed E-state index contributed by atoms with van der Waals surface area (Å²) < 4.78 is 0. The van der Waals surface area contributed by atoms with Crippen LogP contribution in [0, 0.1) is 17.0 Å². The van der Waals surface area contributed by atoms with Crippen molar-refractivity contribution >= 4 is 11.5 Å². The topological polar surface area (TPSA) is 73.1 Å². The fourth-order valence-corrected chi connectivity index (χ4v) is 1.79. The third-order valence-electron chi connectivity index (χ3n) is 2.77. The lowest BCUT2D eigenvalue weighted by atomic mass is 10.1. The van der Waals surface area contributed by atoms with Gasteiger partial charge >= 0.3 is 0 Å². The van der Waals surface area contributed by atoms with Crippen molar-refractivity contribution < 1.29 is 9.72 Å². The Bertz CT molecular complexity index is 624. The zero-order valence-electron chi connectivity index (χ0n) is 10.4. The van der Waals surface area contributed by atoms with Crippen LogP contribution in [0.15, 0.2) is 42.6 Å². The van der Waals surface area contributed by atoms with E-state index in [0.29, 0.717) is 16.8 Å². The van der Waals surface area contributed by atoms with Gasteiger partial charge in [-0.25, -0.2) is 0 Å². The maximum absolute atomic E-state index is 12.0. The van der Waals surface area contributed by atoms with E-state index in [1.165, 1.54) is 6.20 Å². The fourth-order valence-electron chi connectivity index (χ4n) is 1.79. The Balaban J connectivity index is 2.19. The van der Waals surface area contributed by atoms with Crippen LogP contribution in [0.4, 0.5) is 5.69 Å². The number of aryl methyl sites for hydroxylation is 1. The number of Topliss-reactive ketones (excluding diaryl/α,β-unsaturated/α-hetero) is 1. The van der Waals surface area contributed by atoms with Gasteiger partial charge < -0.3 is 0 Å². The molecular formula is C14H12N2O3. The number of carbonyl (C=O) groups is 1. The smallest absolute Gasteiger partial charge is 0.290 e. The van der Waals surface area contributed by atoms with E-state index in [4.69, 9.17) is 0 Å². The van der Waals surface area contributed by atoms with Crippen molar-refractivity contribution in [2.45, 2.75) is 13.3 Å². The van der Waals surface area contributed by atoms with Crippen molar-refractivity contribution in [2.75, 3.05) is 0 Å². The van der Waals surface area contributed by atoms with Crippen molar-refractivity contribution in [1.29, 1.82) is 0 Å². The third-order valence-corrected chi connectivity index (χ3v) is 2.77. The number of benzene rings is 1. The molecule has 0 bridgehead atoms. The van der Waals surface area contributed by atoms with Crippen LogP contribution in [-0.2, 0) is 6.42 Å². The molecule has 0 spiro atoms. The van der Waals surface area contributed by atoms with Gasteiger partial charge in [0.2, 0.25) is 0 Å². The van der Waals surface area contributed by atoms with Crippen molar-refractivity contribution in [3.05, 3.63) is 69.5 Å². The summed E-state index contributed by atoms with van der Waals surface area (Å²) in [5.41, 5.74) is 1.63. The molecule has 0 aliphatic rings. The molecule has 5 heteroatoms. The first-order valence-corrected chi connectivity index (χ1v) is 5.76. The highest BCUT2D eigenvalue weighted by atomic mass is 16.6. The fraction of sp³-hybridized carbons (Fsp3) is 0.143. The Labute approximate surface area is 110 Å². The van der Waals surface area contributed by atoms with Crippen LogP contribution in [0.2, 0.25) is 0 Å². The van der Waals surface area contributed by atoms with E-state index in [9.17, 15) is 14.9 Å². The normalized spacial score (nSPS) is 10.2. The maximum atomic E-state index is 12.0. The summed E-state index contributed by atoms with van der Waals surface area (Å²) >= 11 is 0. The molecule has 0 unspecified atom stereocenters. The van der Waals surface area contributed by atoms with Crippen LogP contribution in [0.5, 0.6) is 0 Å². The monoisotopic (exact) mass is 256 g/mol. The molecule has 5 nitrogen and oxygen atoms in total. The number of hydrogen-bond donors (Lipinski definition) is 0. The van der Waals surface area contributed by atoms with E-state index in [-0.39, 0.29) is 17.9 Å². The van der Waals surface area contributed by atoms with Gasteiger partial charge in [-0.2, -0.15) is 0 Å². The number of nitrogens with zero attached hydrogens (tertiary/aromatic N) is 2. The summed E-state index contributed by atoms with van der Waals surface area (Å²) in [6, 6.07) is 10.5. The predicted octanol–water partition coefficient (Wildman–Crippen LogP) is 2.72. The lowest BCUT2D eigenvalue weighted by Gasteiger charge is -2.02. The van der Waals surface area contributed by atoms with E-state index in [1.54, 1.807) is 37.3 Å². The van der Waals surface area contributed by atoms with Crippen molar-refractivity contribution in [2.24, 2.45) is 0 Å². The molecule has 0 saturated heterocycles. The highest BCUT2D eigenvalue weighted by Gasteiger charge is 2.13. The average molecular weight is 256 g/mol. The summed E-state index contributed by atoms with van der Waals surface area (Å²) in [4.78, 5) is 26.1. The van der Waals surface area contributed by atoms with Crippen LogP contribution in [-0.4, -0.2) is 15.7 Å². The van der Waals surface area contributed by atoms with Gasteiger partial charge in [0.15, 0.2) is 5.78 Å². The minimum atomic E-state index is -0.481. The molecule has 0 aliphatic carbocycles. The van der Waals surface area contributed by atoms with Crippen molar-refractivity contribution in [1.82, 2.24) is 4.98 Å². The summed E-state index contributed by atoms with van der Waals surface area (Å²) in [6.45, 7) is 1.64.